The van der Waals surface area contributed by atoms with Crippen LogP contribution in [0.2, 0.25) is 0 Å². The molecule has 6 nitrogen and oxygen atoms in total. The van der Waals surface area contributed by atoms with Crippen molar-refractivity contribution in [3.63, 3.8) is 0 Å². The fourth-order valence-electron chi connectivity index (χ4n) is 3.21. The van der Waals surface area contributed by atoms with Crippen LogP contribution < -0.4 is 5.32 Å². The molecule has 0 aromatic heterocycles. The first-order valence-corrected chi connectivity index (χ1v) is 10.00. The molecule has 1 fully saturated rings. The van der Waals surface area contributed by atoms with E-state index in [0.717, 1.165) is 17.5 Å². The summed E-state index contributed by atoms with van der Waals surface area (Å²) in [5.74, 6) is -1.05. The Morgan fingerprint density at radius 2 is 1.41 bits per heavy atom. The number of piperazine rings is 1. The van der Waals surface area contributed by atoms with E-state index in [1.807, 2.05) is 56.3 Å². The zero-order chi connectivity index (χ0) is 20.8. The lowest BCUT2D eigenvalue weighted by Crippen LogP contribution is -2.53. The van der Waals surface area contributed by atoms with E-state index in [9.17, 15) is 14.4 Å². The maximum atomic E-state index is 12.5. The van der Waals surface area contributed by atoms with Crippen molar-refractivity contribution in [2.45, 2.75) is 39.4 Å². The second-order valence-electron chi connectivity index (χ2n) is 7.42. The van der Waals surface area contributed by atoms with Gasteiger partial charge in [-0.3, -0.25) is 14.4 Å². The quantitative estimate of drug-likeness (QED) is 0.735. The monoisotopic (exact) mass is 393 g/mol. The molecule has 0 aliphatic carbocycles. The minimum atomic E-state index is -0.481. The molecule has 0 bridgehead atoms. The molecule has 1 N–H and O–H groups in total. The Morgan fingerprint density at radius 3 is 1.93 bits per heavy atom. The van der Waals surface area contributed by atoms with Crippen molar-refractivity contribution in [3.05, 3.63) is 71.3 Å². The summed E-state index contributed by atoms with van der Waals surface area (Å²) < 4.78 is 0. The second kappa shape index (κ2) is 9.37. The van der Waals surface area contributed by atoms with Gasteiger partial charge in [-0.25, -0.2) is 0 Å². The predicted molar refractivity (Wildman–Crippen MR) is 111 cm³/mol. The van der Waals surface area contributed by atoms with E-state index < -0.39 is 11.8 Å². The van der Waals surface area contributed by atoms with Gasteiger partial charge in [-0.2, -0.15) is 0 Å². The highest BCUT2D eigenvalue weighted by atomic mass is 16.2. The van der Waals surface area contributed by atoms with Crippen LogP contribution in [-0.4, -0.2) is 46.7 Å². The number of hydrogen-bond acceptors (Lipinski definition) is 3. The van der Waals surface area contributed by atoms with E-state index in [2.05, 4.69) is 5.32 Å². The van der Waals surface area contributed by atoms with Crippen molar-refractivity contribution in [2.75, 3.05) is 13.1 Å². The van der Waals surface area contributed by atoms with E-state index in [4.69, 9.17) is 0 Å². The lowest BCUT2D eigenvalue weighted by Gasteiger charge is -2.33. The molecule has 0 radical (unpaired) electrons. The molecule has 152 valence electrons. The van der Waals surface area contributed by atoms with Gasteiger partial charge in [-0.15, -0.1) is 0 Å². The van der Waals surface area contributed by atoms with Crippen molar-refractivity contribution in [1.82, 2.24) is 15.1 Å². The molecule has 0 saturated carbocycles. The Balaban J connectivity index is 1.58. The molecule has 1 aliphatic heterocycles. The SMILES string of the molecule is CCC(C)NC(=O)c1ccc(CN2CCN(Cc3ccccc3)C(=O)C2=O)cc1. The molecule has 2 aromatic rings. The Labute approximate surface area is 171 Å². The van der Waals surface area contributed by atoms with Gasteiger partial charge in [0.1, 0.15) is 0 Å². The third kappa shape index (κ3) is 5.22. The first-order valence-electron chi connectivity index (χ1n) is 10.00. The average Bonchev–Trinajstić information content (AvgIpc) is 2.74. The Hall–Kier alpha value is -3.15. The van der Waals surface area contributed by atoms with Crippen LogP contribution in [-0.2, 0) is 22.7 Å². The van der Waals surface area contributed by atoms with Crippen LogP contribution in [0.3, 0.4) is 0 Å². The van der Waals surface area contributed by atoms with Crippen molar-refractivity contribution in [3.8, 4) is 0 Å². The molecule has 0 spiro atoms. The summed E-state index contributed by atoms with van der Waals surface area (Å²) in [6, 6.07) is 17.0. The summed E-state index contributed by atoms with van der Waals surface area (Å²) in [7, 11) is 0. The highest BCUT2D eigenvalue weighted by Gasteiger charge is 2.32. The number of rotatable bonds is 7. The molecule has 6 heteroatoms. The third-order valence-corrected chi connectivity index (χ3v) is 5.19. The summed E-state index contributed by atoms with van der Waals surface area (Å²) in [6.07, 6.45) is 0.871. The maximum Gasteiger partial charge on any atom is 0.312 e. The third-order valence-electron chi connectivity index (χ3n) is 5.19. The molecule has 2 aromatic carbocycles. The standard InChI is InChI=1S/C23H27N3O3/c1-3-17(2)24-21(27)20-11-9-19(10-12-20)16-26-14-13-25(22(28)23(26)29)15-18-7-5-4-6-8-18/h4-12,17H,3,13-16H2,1-2H3,(H,24,27). The van der Waals surface area contributed by atoms with Crippen LogP contribution in [0.25, 0.3) is 0 Å². The molecule has 1 unspecified atom stereocenters. The molecule has 29 heavy (non-hydrogen) atoms. The first-order chi connectivity index (χ1) is 14.0. The number of carbonyl (C=O) groups is 3. The number of nitrogens with zero attached hydrogens (tertiary/aromatic N) is 2. The minimum absolute atomic E-state index is 0.105. The van der Waals surface area contributed by atoms with Crippen molar-refractivity contribution >= 4 is 17.7 Å². The number of nitrogens with one attached hydrogen (secondary N) is 1. The minimum Gasteiger partial charge on any atom is -0.350 e. The Bertz CT molecular complexity index is 865. The van der Waals surface area contributed by atoms with E-state index in [-0.39, 0.29) is 11.9 Å². The van der Waals surface area contributed by atoms with Crippen LogP contribution in [0.4, 0.5) is 0 Å². The summed E-state index contributed by atoms with van der Waals surface area (Å²) in [5.41, 5.74) is 2.49. The normalized spacial score (nSPS) is 15.4. The molecule has 1 heterocycles. The predicted octanol–water partition coefficient (Wildman–Crippen LogP) is 2.59. The molecular formula is C23H27N3O3. The van der Waals surface area contributed by atoms with Gasteiger partial charge in [0, 0.05) is 37.8 Å². The average molecular weight is 393 g/mol. The zero-order valence-electron chi connectivity index (χ0n) is 16.9. The van der Waals surface area contributed by atoms with E-state index in [1.165, 1.54) is 0 Å². The lowest BCUT2D eigenvalue weighted by molar-refractivity contribution is -0.156. The second-order valence-corrected chi connectivity index (χ2v) is 7.42. The van der Waals surface area contributed by atoms with E-state index in [0.29, 0.717) is 31.7 Å². The van der Waals surface area contributed by atoms with Gasteiger partial charge in [0.15, 0.2) is 0 Å². The summed E-state index contributed by atoms with van der Waals surface area (Å²) >= 11 is 0. The molecule has 1 saturated heterocycles. The van der Waals surface area contributed by atoms with Crippen molar-refractivity contribution < 1.29 is 14.4 Å². The van der Waals surface area contributed by atoms with Crippen LogP contribution >= 0.6 is 0 Å². The topological polar surface area (TPSA) is 69.7 Å². The van der Waals surface area contributed by atoms with Crippen LogP contribution in [0.1, 0.15) is 41.8 Å². The van der Waals surface area contributed by atoms with Gasteiger partial charge in [-0.05, 0) is 36.6 Å². The largest absolute Gasteiger partial charge is 0.350 e. The summed E-state index contributed by atoms with van der Waals surface area (Å²) in [6.45, 7) is 5.79. The number of amides is 3. The molecule has 3 amide bonds. The Kier molecular flexibility index (Phi) is 6.65. The first kappa shape index (κ1) is 20.6. The van der Waals surface area contributed by atoms with Crippen molar-refractivity contribution in [2.24, 2.45) is 0 Å². The molecular weight excluding hydrogens is 366 g/mol. The van der Waals surface area contributed by atoms with Crippen LogP contribution in [0, 0.1) is 0 Å². The van der Waals surface area contributed by atoms with Crippen molar-refractivity contribution in [1.29, 1.82) is 0 Å². The number of carbonyl (C=O) groups excluding carboxylic acids is 3. The fraction of sp³-hybridized carbons (Fsp3) is 0.348. The van der Waals surface area contributed by atoms with E-state index in [1.54, 1.807) is 21.9 Å². The lowest BCUT2D eigenvalue weighted by atomic mass is 10.1. The zero-order valence-corrected chi connectivity index (χ0v) is 16.9. The van der Waals surface area contributed by atoms with Gasteiger partial charge >= 0.3 is 11.8 Å². The number of benzene rings is 2. The van der Waals surface area contributed by atoms with Gasteiger partial charge in [-0.1, -0.05) is 49.4 Å². The highest BCUT2D eigenvalue weighted by Crippen LogP contribution is 2.14. The van der Waals surface area contributed by atoms with E-state index >= 15 is 0 Å². The smallest absolute Gasteiger partial charge is 0.312 e. The number of hydrogen-bond donors (Lipinski definition) is 1. The molecule has 1 aliphatic rings. The summed E-state index contributed by atoms with van der Waals surface area (Å²) in [5, 5.41) is 2.93. The van der Waals surface area contributed by atoms with Gasteiger partial charge in [0.25, 0.3) is 5.91 Å². The fourth-order valence-corrected chi connectivity index (χ4v) is 3.21. The van der Waals surface area contributed by atoms with Gasteiger partial charge in [0.05, 0.1) is 0 Å². The maximum absolute atomic E-state index is 12.5. The summed E-state index contributed by atoms with van der Waals surface area (Å²) in [4.78, 5) is 40.3. The van der Waals surface area contributed by atoms with Gasteiger partial charge < -0.3 is 15.1 Å². The van der Waals surface area contributed by atoms with Gasteiger partial charge in [0.2, 0.25) is 0 Å². The Morgan fingerprint density at radius 1 is 0.897 bits per heavy atom. The van der Waals surface area contributed by atoms with Crippen LogP contribution in [0.15, 0.2) is 54.6 Å². The molecule has 1 atom stereocenters. The van der Waals surface area contributed by atoms with Crippen LogP contribution in [0.5, 0.6) is 0 Å². The highest BCUT2D eigenvalue weighted by molar-refractivity contribution is 6.35. The molecule has 3 rings (SSSR count).